The van der Waals surface area contributed by atoms with Crippen LogP contribution in [0.4, 0.5) is 4.79 Å². The molecule has 0 spiro atoms. The largest absolute Gasteiger partial charge is 0.469 e. The molecule has 0 saturated heterocycles. The zero-order valence-corrected chi connectivity index (χ0v) is 20.7. The number of aliphatic hydroxyl groups is 1. The number of unbranched alkanes of at least 4 members (excludes halogenated alkanes) is 1. The number of ether oxygens (including phenoxy) is 2. The molecule has 1 saturated carbocycles. The molecule has 1 fully saturated rings. The highest BCUT2D eigenvalue weighted by molar-refractivity contribution is 7.11. The van der Waals surface area contributed by atoms with Gasteiger partial charge in [-0.05, 0) is 31.7 Å². The van der Waals surface area contributed by atoms with E-state index in [9.17, 15) is 14.7 Å². The maximum Gasteiger partial charge on any atom is 0.407 e. The van der Waals surface area contributed by atoms with E-state index in [1.165, 1.54) is 11.3 Å². The first-order valence-electron chi connectivity index (χ1n) is 11.9. The van der Waals surface area contributed by atoms with Gasteiger partial charge in [0.25, 0.3) is 11.1 Å². The number of aliphatic hydroxyl groups excluding tert-OH is 1. The fraction of sp³-hybridized carbons (Fsp3) is 0.560. The molecule has 3 N–H and O–H groups in total. The van der Waals surface area contributed by atoms with Gasteiger partial charge in [-0.1, -0.05) is 67.9 Å². The molecule has 1 aromatic carbocycles. The first-order chi connectivity index (χ1) is 16.4. The number of hydrogen-bond donors (Lipinski definition) is 3. The van der Waals surface area contributed by atoms with Crippen LogP contribution < -0.4 is 15.4 Å². The highest BCUT2D eigenvalue weighted by Crippen LogP contribution is 2.41. The van der Waals surface area contributed by atoms with Crippen LogP contribution in [0.5, 0.6) is 5.19 Å². The Morgan fingerprint density at radius 1 is 1.21 bits per heavy atom. The van der Waals surface area contributed by atoms with Gasteiger partial charge in [0, 0.05) is 17.0 Å². The van der Waals surface area contributed by atoms with Gasteiger partial charge in [-0.15, -0.1) is 0 Å². The number of benzene rings is 1. The SMILES string of the molecule is CCCC[C@H](NC(=O)OCC1(COc2nccs2)CCC1)C(O)C(=O)N[C@H](C)c1ccccc1. The summed E-state index contributed by atoms with van der Waals surface area (Å²) in [6.07, 6.45) is 4.66. The van der Waals surface area contributed by atoms with Crippen molar-refractivity contribution in [2.45, 2.75) is 70.6 Å². The van der Waals surface area contributed by atoms with Gasteiger partial charge in [0.15, 0.2) is 6.10 Å². The van der Waals surface area contributed by atoms with E-state index in [1.54, 1.807) is 6.20 Å². The van der Waals surface area contributed by atoms with Gasteiger partial charge in [0.05, 0.1) is 18.7 Å². The molecule has 1 heterocycles. The zero-order valence-electron chi connectivity index (χ0n) is 19.9. The van der Waals surface area contributed by atoms with Crippen molar-refractivity contribution in [1.82, 2.24) is 15.6 Å². The standard InChI is InChI=1S/C25H35N3O5S/c1-3-4-11-20(21(29)22(30)27-18(2)19-9-6-5-7-10-19)28-23(31)32-16-25(12-8-13-25)17-33-24-26-14-15-34-24/h5-7,9-10,14-15,18,20-21,29H,3-4,8,11-13,16-17H2,1-2H3,(H,27,30)(H,28,31)/t18-,20+,21?/m1/s1. The molecule has 1 aliphatic carbocycles. The van der Waals surface area contributed by atoms with Crippen LogP contribution in [0.3, 0.4) is 0 Å². The van der Waals surface area contributed by atoms with E-state index >= 15 is 0 Å². The molecule has 9 heteroatoms. The Bertz CT molecular complexity index is 889. The lowest BCUT2D eigenvalue weighted by Gasteiger charge is -2.40. The van der Waals surface area contributed by atoms with Crippen LogP contribution in [0.25, 0.3) is 0 Å². The number of rotatable bonds is 13. The number of alkyl carbamates (subject to hydrolysis) is 1. The van der Waals surface area contributed by atoms with Crippen LogP contribution in [0.2, 0.25) is 0 Å². The van der Waals surface area contributed by atoms with Gasteiger partial charge in [0.2, 0.25) is 0 Å². The Morgan fingerprint density at radius 2 is 1.97 bits per heavy atom. The fourth-order valence-corrected chi connectivity index (χ4v) is 4.44. The van der Waals surface area contributed by atoms with E-state index in [0.717, 1.165) is 37.7 Å². The highest BCUT2D eigenvalue weighted by atomic mass is 32.1. The monoisotopic (exact) mass is 489 g/mol. The molecular formula is C25H35N3O5S. The summed E-state index contributed by atoms with van der Waals surface area (Å²) < 4.78 is 11.3. The summed E-state index contributed by atoms with van der Waals surface area (Å²) in [7, 11) is 0. The maximum absolute atomic E-state index is 12.7. The predicted octanol–water partition coefficient (Wildman–Crippen LogP) is 4.22. The quantitative estimate of drug-likeness (QED) is 0.389. The lowest BCUT2D eigenvalue weighted by atomic mass is 9.70. The number of aromatic nitrogens is 1. The Balaban J connectivity index is 1.51. The van der Waals surface area contributed by atoms with Crippen molar-refractivity contribution in [1.29, 1.82) is 0 Å². The summed E-state index contributed by atoms with van der Waals surface area (Å²) in [5, 5.41) is 18.7. The number of carbonyl (C=O) groups excluding carboxylic acids is 2. The van der Waals surface area contributed by atoms with E-state index in [4.69, 9.17) is 9.47 Å². The van der Waals surface area contributed by atoms with Crippen molar-refractivity contribution in [3.05, 3.63) is 47.5 Å². The van der Waals surface area contributed by atoms with Crippen molar-refractivity contribution in [3.8, 4) is 5.19 Å². The molecule has 3 atom stereocenters. The smallest absolute Gasteiger partial charge is 0.407 e. The van der Waals surface area contributed by atoms with Gasteiger partial charge in [-0.2, -0.15) is 0 Å². The van der Waals surface area contributed by atoms with E-state index < -0.39 is 24.1 Å². The van der Waals surface area contributed by atoms with Crippen LogP contribution >= 0.6 is 11.3 Å². The zero-order chi connectivity index (χ0) is 24.4. The number of thiazole rings is 1. The second-order valence-electron chi connectivity index (χ2n) is 9.00. The van der Waals surface area contributed by atoms with E-state index in [0.29, 0.717) is 18.2 Å². The third-order valence-corrected chi connectivity index (χ3v) is 7.00. The van der Waals surface area contributed by atoms with Gasteiger partial charge < -0.3 is 25.2 Å². The van der Waals surface area contributed by atoms with E-state index in [1.807, 2.05) is 49.6 Å². The number of carbonyl (C=O) groups is 2. The molecule has 34 heavy (non-hydrogen) atoms. The lowest BCUT2D eigenvalue weighted by Crippen LogP contribution is -2.51. The second kappa shape index (κ2) is 12.7. The Labute approximate surface area is 205 Å². The molecule has 2 amide bonds. The number of hydrogen-bond acceptors (Lipinski definition) is 7. The third kappa shape index (κ3) is 7.43. The Kier molecular flexibility index (Phi) is 9.71. The van der Waals surface area contributed by atoms with Gasteiger partial charge in [-0.25, -0.2) is 9.78 Å². The lowest BCUT2D eigenvalue weighted by molar-refractivity contribution is -0.131. The predicted molar refractivity (Wildman–Crippen MR) is 131 cm³/mol. The fourth-order valence-electron chi connectivity index (χ4n) is 3.95. The van der Waals surface area contributed by atoms with Crippen LogP contribution in [-0.2, 0) is 9.53 Å². The number of nitrogens with zero attached hydrogens (tertiary/aromatic N) is 1. The molecule has 3 rings (SSSR count). The van der Waals surface area contributed by atoms with Crippen molar-refractivity contribution in [2.75, 3.05) is 13.2 Å². The highest BCUT2D eigenvalue weighted by Gasteiger charge is 2.40. The minimum absolute atomic E-state index is 0.219. The van der Waals surface area contributed by atoms with Crippen molar-refractivity contribution >= 4 is 23.3 Å². The minimum atomic E-state index is -1.38. The average Bonchev–Trinajstić information content (AvgIpc) is 3.34. The van der Waals surface area contributed by atoms with E-state index in [-0.39, 0.29) is 18.1 Å². The average molecular weight is 490 g/mol. The summed E-state index contributed by atoms with van der Waals surface area (Å²) in [6, 6.07) is 8.52. The second-order valence-corrected chi connectivity index (χ2v) is 9.85. The van der Waals surface area contributed by atoms with Gasteiger partial charge in [0.1, 0.15) is 6.61 Å². The van der Waals surface area contributed by atoms with Crippen molar-refractivity contribution in [3.63, 3.8) is 0 Å². The summed E-state index contributed by atoms with van der Waals surface area (Å²) in [4.78, 5) is 29.4. The Hall–Kier alpha value is -2.65. The molecule has 2 aromatic rings. The maximum atomic E-state index is 12.7. The van der Waals surface area contributed by atoms with Crippen LogP contribution in [0.15, 0.2) is 41.9 Å². The van der Waals surface area contributed by atoms with Crippen molar-refractivity contribution < 1.29 is 24.2 Å². The molecule has 1 aliphatic rings. The van der Waals surface area contributed by atoms with Crippen LogP contribution in [0.1, 0.15) is 64.0 Å². The van der Waals surface area contributed by atoms with Crippen LogP contribution in [0, 0.1) is 5.41 Å². The number of nitrogens with one attached hydrogen (secondary N) is 2. The molecule has 0 bridgehead atoms. The van der Waals surface area contributed by atoms with Gasteiger partial charge >= 0.3 is 6.09 Å². The first-order valence-corrected chi connectivity index (χ1v) is 12.8. The first kappa shape index (κ1) is 26.0. The summed E-state index contributed by atoms with van der Waals surface area (Å²) in [5.41, 5.74) is 0.717. The normalized spacial score (nSPS) is 17.0. The minimum Gasteiger partial charge on any atom is -0.469 e. The molecule has 0 radical (unpaired) electrons. The molecule has 186 valence electrons. The Morgan fingerprint density at radius 3 is 2.59 bits per heavy atom. The van der Waals surface area contributed by atoms with Gasteiger partial charge in [-0.3, -0.25) is 4.79 Å². The molecule has 0 aliphatic heterocycles. The summed E-state index contributed by atoms with van der Waals surface area (Å²) >= 11 is 1.43. The third-order valence-electron chi connectivity index (χ3n) is 6.32. The molecule has 1 aromatic heterocycles. The molecule has 1 unspecified atom stereocenters. The number of amides is 2. The van der Waals surface area contributed by atoms with Crippen molar-refractivity contribution in [2.24, 2.45) is 5.41 Å². The topological polar surface area (TPSA) is 110 Å². The summed E-state index contributed by atoms with van der Waals surface area (Å²) in [6.45, 7) is 4.53. The van der Waals surface area contributed by atoms with E-state index in [2.05, 4.69) is 15.6 Å². The molecular weight excluding hydrogens is 454 g/mol. The van der Waals surface area contributed by atoms with Crippen LogP contribution in [-0.4, -0.2) is 47.5 Å². The summed E-state index contributed by atoms with van der Waals surface area (Å²) in [5.74, 6) is -0.523. The molecule has 8 nitrogen and oxygen atoms in total.